The summed E-state index contributed by atoms with van der Waals surface area (Å²) in [7, 11) is 0. The zero-order valence-corrected chi connectivity index (χ0v) is 17.6. The van der Waals surface area contributed by atoms with Crippen LogP contribution in [0.4, 0.5) is 5.69 Å². The fraction of sp³-hybridized carbons (Fsp3) is 0.476. The molecule has 7 heteroatoms. The maximum Gasteiger partial charge on any atom is 0.0699 e. The first-order chi connectivity index (χ1) is 13.6. The van der Waals surface area contributed by atoms with Gasteiger partial charge in [-0.2, -0.15) is 0 Å². The molecule has 0 aliphatic rings. The van der Waals surface area contributed by atoms with Gasteiger partial charge in [0.15, 0.2) is 0 Å². The predicted octanol–water partition coefficient (Wildman–Crippen LogP) is 4.37. The molecule has 2 rings (SSSR count). The summed E-state index contributed by atoms with van der Waals surface area (Å²) in [5.74, 6) is 0. The van der Waals surface area contributed by atoms with E-state index in [0.717, 1.165) is 63.1 Å². The Kier molecular flexibility index (Phi) is 10.6. The Bertz CT molecular complexity index is 715. The van der Waals surface area contributed by atoms with Crippen molar-refractivity contribution in [2.45, 2.75) is 45.3 Å². The number of unbranched alkanes of at least 4 members (excludes halogenated alkanes) is 3. The van der Waals surface area contributed by atoms with Crippen LogP contribution < -0.4 is 11.1 Å². The van der Waals surface area contributed by atoms with Crippen molar-refractivity contribution in [3.05, 3.63) is 57.3 Å². The highest BCUT2D eigenvalue weighted by Gasteiger charge is 2.13. The SMILES string of the molecule is Nc1c(Cl)cc(CO)c(CNCCCCCCOCCc2ccccn2)c1Cl. The lowest BCUT2D eigenvalue weighted by molar-refractivity contribution is 0.132. The fourth-order valence-corrected chi connectivity index (χ4v) is 3.47. The van der Waals surface area contributed by atoms with E-state index in [1.54, 1.807) is 6.07 Å². The Balaban J connectivity index is 1.51. The Morgan fingerprint density at radius 3 is 2.68 bits per heavy atom. The Morgan fingerprint density at radius 1 is 1.11 bits per heavy atom. The van der Waals surface area contributed by atoms with Crippen LogP contribution in [-0.2, 0) is 24.3 Å². The average molecular weight is 426 g/mol. The maximum absolute atomic E-state index is 9.48. The van der Waals surface area contributed by atoms with E-state index in [4.69, 9.17) is 33.7 Å². The lowest BCUT2D eigenvalue weighted by Gasteiger charge is -2.14. The molecule has 0 atom stereocenters. The van der Waals surface area contributed by atoms with E-state index in [-0.39, 0.29) is 6.61 Å². The molecule has 0 spiro atoms. The smallest absolute Gasteiger partial charge is 0.0699 e. The van der Waals surface area contributed by atoms with Crippen LogP contribution >= 0.6 is 23.2 Å². The van der Waals surface area contributed by atoms with Gasteiger partial charge in [0.05, 0.1) is 28.9 Å². The molecule has 0 amide bonds. The second-order valence-electron chi connectivity index (χ2n) is 6.66. The van der Waals surface area contributed by atoms with Crippen molar-refractivity contribution in [2.24, 2.45) is 0 Å². The number of halogens is 2. The number of nitrogens with two attached hydrogens (primary N) is 1. The Morgan fingerprint density at radius 2 is 1.93 bits per heavy atom. The second-order valence-corrected chi connectivity index (χ2v) is 7.44. The number of aliphatic hydroxyl groups is 1. The third-order valence-electron chi connectivity index (χ3n) is 4.54. The van der Waals surface area contributed by atoms with Crippen molar-refractivity contribution in [1.82, 2.24) is 10.3 Å². The van der Waals surface area contributed by atoms with Crippen LogP contribution in [0, 0.1) is 0 Å². The van der Waals surface area contributed by atoms with Gasteiger partial charge in [-0.05, 0) is 48.7 Å². The predicted molar refractivity (Wildman–Crippen MR) is 116 cm³/mol. The number of pyridine rings is 1. The summed E-state index contributed by atoms with van der Waals surface area (Å²) in [4.78, 5) is 4.28. The van der Waals surface area contributed by atoms with E-state index in [2.05, 4.69) is 10.3 Å². The summed E-state index contributed by atoms with van der Waals surface area (Å²) in [6.07, 6.45) is 7.09. The normalized spacial score (nSPS) is 11.1. The summed E-state index contributed by atoms with van der Waals surface area (Å²) in [5, 5.41) is 13.6. The van der Waals surface area contributed by atoms with Crippen molar-refractivity contribution in [3.8, 4) is 0 Å². The quantitative estimate of drug-likeness (QED) is 0.327. The van der Waals surface area contributed by atoms with Crippen molar-refractivity contribution in [2.75, 3.05) is 25.5 Å². The van der Waals surface area contributed by atoms with Crippen LogP contribution in [0.15, 0.2) is 30.5 Å². The Hall–Kier alpha value is -1.37. The largest absolute Gasteiger partial charge is 0.396 e. The van der Waals surface area contributed by atoms with Gasteiger partial charge in [-0.15, -0.1) is 0 Å². The summed E-state index contributed by atoms with van der Waals surface area (Å²) in [6, 6.07) is 7.61. The molecule has 4 N–H and O–H groups in total. The zero-order valence-electron chi connectivity index (χ0n) is 16.1. The summed E-state index contributed by atoms with van der Waals surface area (Å²) < 4.78 is 5.67. The number of hydrogen-bond acceptors (Lipinski definition) is 5. The zero-order chi connectivity index (χ0) is 20.2. The number of rotatable bonds is 13. The maximum atomic E-state index is 9.48. The molecule has 1 aromatic carbocycles. The first-order valence-electron chi connectivity index (χ1n) is 9.68. The summed E-state index contributed by atoms with van der Waals surface area (Å²) in [6.45, 7) is 2.84. The highest BCUT2D eigenvalue weighted by atomic mass is 35.5. The molecular formula is C21H29Cl2N3O2. The molecule has 0 fully saturated rings. The molecule has 0 bridgehead atoms. The number of nitrogens with zero attached hydrogens (tertiary/aromatic N) is 1. The van der Waals surface area contributed by atoms with Crippen molar-refractivity contribution in [1.29, 1.82) is 0 Å². The van der Waals surface area contributed by atoms with Crippen LogP contribution in [-0.4, -0.2) is 29.8 Å². The number of anilines is 1. The number of aliphatic hydroxyl groups excluding tert-OH is 1. The third kappa shape index (κ3) is 7.57. The van der Waals surface area contributed by atoms with E-state index in [9.17, 15) is 5.11 Å². The number of hydrogen-bond donors (Lipinski definition) is 3. The average Bonchev–Trinajstić information content (AvgIpc) is 2.72. The van der Waals surface area contributed by atoms with E-state index in [1.807, 2.05) is 24.4 Å². The molecule has 0 aliphatic carbocycles. The Labute approximate surface area is 177 Å². The molecule has 1 aromatic heterocycles. The molecule has 1 heterocycles. The molecule has 0 radical (unpaired) electrons. The first-order valence-corrected chi connectivity index (χ1v) is 10.4. The molecule has 0 aliphatic heterocycles. The molecule has 154 valence electrons. The molecule has 0 unspecified atom stereocenters. The first kappa shape index (κ1) is 22.9. The fourth-order valence-electron chi connectivity index (χ4n) is 2.90. The minimum atomic E-state index is -0.114. The molecule has 28 heavy (non-hydrogen) atoms. The van der Waals surface area contributed by atoms with Gasteiger partial charge in [0.25, 0.3) is 0 Å². The van der Waals surface area contributed by atoms with Crippen LogP contribution in [0.25, 0.3) is 0 Å². The van der Waals surface area contributed by atoms with E-state index >= 15 is 0 Å². The van der Waals surface area contributed by atoms with Gasteiger partial charge in [0.2, 0.25) is 0 Å². The van der Waals surface area contributed by atoms with Gasteiger partial charge in [0.1, 0.15) is 0 Å². The standard InChI is InChI=1S/C21H29Cl2N3O2/c22-19-13-16(15-27)18(20(23)21(19)24)14-25-9-4-1-2-6-11-28-12-8-17-7-3-5-10-26-17/h3,5,7,10,13,25,27H,1-2,4,6,8-9,11-12,14-15,24H2. The number of aromatic nitrogens is 1. The van der Waals surface area contributed by atoms with Crippen molar-refractivity contribution >= 4 is 28.9 Å². The molecule has 2 aromatic rings. The summed E-state index contributed by atoms with van der Waals surface area (Å²) in [5.41, 5.74) is 8.82. The van der Waals surface area contributed by atoms with Gasteiger partial charge in [-0.25, -0.2) is 0 Å². The van der Waals surface area contributed by atoms with E-state index < -0.39 is 0 Å². The number of nitrogens with one attached hydrogen (secondary N) is 1. The van der Waals surface area contributed by atoms with E-state index in [0.29, 0.717) is 27.8 Å². The van der Waals surface area contributed by atoms with Crippen LogP contribution in [0.3, 0.4) is 0 Å². The highest BCUT2D eigenvalue weighted by molar-refractivity contribution is 6.39. The van der Waals surface area contributed by atoms with Crippen molar-refractivity contribution < 1.29 is 9.84 Å². The lowest BCUT2D eigenvalue weighted by Crippen LogP contribution is -2.17. The number of ether oxygens (including phenoxy) is 1. The number of nitrogen functional groups attached to an aromatic ring is 1. The molecule has 0 saturated heterocycles. The van der Waals surface area contributed by atoms with Crippen LogP contribution in [0.5, 0.6) is 0 Å². The molecule has 0 saturated carbocycles. The van der Waals surface area contributed by atoms with Gasteiger partial charge >= 0.3 is 0 Å². The topological polar surface area (TPSA) is 80.4 Å². The molecular weight excluding hydrogens is 397 g/mol. The lowest BCUT2D eigenvalue weighted by atomic mass is 10.1. The minimum absolute atomic E-state index is 0.114. The minimum Gasteiger partial charge on any atom is -0.396 e. The summed E-state index contributed by atoms with van der Waals surface area (Å²) >= 11 is 12.3. The second kappa shape index (κ2) is 13.0. The van der Waals surface area contributed by atoms with Crippen molar-refractivity contribution in [3.63, 3.8) is 0 Å². The number of benzene rings is 1. The van der Waals surface area contributed by atoms with Gasteiger partial charge in [0, 0.05) is 31.5 Å². The van der Waals surface area contributed by atoms with Gasteiger partial charge in [-0.1, -0.05) is 42.1 Å². The van der Waals surface area contributed by atoms with Crippen LogP contribution in [0.1, 0.15) is 42.5 Å². The molecule has 5 nitrogen and oxygen atoms in total. The third-order valence-corrected chi connectivity index (χ3v) is 5.28. The van der Waals surface area contributed by atoms with Gasteiger partial charge < -0.3 is 20.9 Å². The van der Waals surface area contributed by atoms with Crippen LogP contribution in [0.2, 0.25) is 10.0 Å². The van der Waals surface area contributed by atoms with E-state index in [1.165, 1.54) is 0 Å². The van der Waals surface area contributed by atoms with Gasteiger partial charge in [-0.3, -0.25) is 4.98 Å². The highest BCUT2D eigenvalue weighted by Crippen LogP contribution is 2.33. The monoisotopic (exact) mass is 425 g/mol.